The molecule has 2 saturated carbocycles. The van der Waals surface area contributed by atoms with E-state index in [1.165, 1.54) is 36.8 Å². The van der Waals surface area contributed by atoms with Crippen molar-refractivity contribution in [3.63, 3.8) is 0 Å². The fourth-order valence-electron chi connectivity index (χ4n) is 3.53. The summed E-state index contributed by atoms with van der Waals surface area (Å²) in [5.74, 6) is 2.38. The van der Waals surface area contributed by atoms with Crippen LogP contribution >= 0.6 is 0 Å². The maximum atomic E-state index is 11.5. The average molecular weight is 165 g/mol. The fraction of sp³-hybridized carbons (Fsp3) is 0.900. The Balaban J connectivity index is 1.98. The van der Waals surface area contributed by atoms with Crippen LogP contribution in [0.15, 0.2) is 0 Å². The van der Waals surface area contributed by atoms with Gasteiger partial charge in [0.25, 0.3) is 0 Å². The SMILES string of the molecule is [O-][N+]1=CC2C[C@@H]3CC1C[C@H](C2)C3. The Labute approximate surface area is 72.9 Å². The van der Waals surface area contributed by atoms with Crippen LogP contribution in [0.2, 0.25) is 0 Å². The quantitative estimate of drug-likeness (QED) is 0.397. The highest BCUT2D eigenvalue weighted by Crippen LogP contribution is 2.44. The molecule has 4 rings (SSSR count). The van der Waals surface area contributed by atoms with E-state index in [0.717, 1.165) is 11.8 Å². The molecule has 66 valence electrons. The summed E-state index contributed by atoms with van der Waals surface area (Å²) < 4.78 is 1.27. The lowest BCUT2D eigenvalue weighted by atomic mass is 9.68. The Morgan fingerprint density at radius 3 is 2.33 bits per heavy atom. The molecular weight excluding hydrogens is 150 g/mol. The van der Waals surface area contributed by atoms with E-state index in [4.69, 9.17) is 0 Å². The minimum Gasteiger partial charge on any atom is -0.624 e. The highest BCUT2D eigenvalue weighted by molar-refractivity contribution is 5.56. The Morgan fingerprint density at radius 1 is 1.00 bits per heavy atom. The van der Waals surface area contributed by atoms with E-state index in [9.17, 15) is 5.21 Å². The maximum absolute atomic E-state index is 11.5. The molecule has 0 N–H and O–H groups in total. The van der Waals surface area contributed by atoms with Crippen molar-refractivity contribution >= 4 is 6.21 Å². The Bertz CT molecular complexity index is 222. The first-order valence-electron chi connectivity index (χ1n) is 5.11. The Morgan fingerprint density at radius 2 is 1.67 bits per heavy atom. The average Bonchev–Trinajstić information content (AvgIpc) is 2.16. The Kier molecular flexibility index (Phi) is 1.29. The van der Waals surface area contributed by atoms with Crippen LogP contribution in [0.3, 0.4) is 0 Å². The number of nitrogens with zero attached hydrogens (tertiary/aromatic N) is 1. The highest BCUT2D eigenvalue weighted by atomic mass is 16.5. The predicted molar refractivity (Wildman–Crippen MR) is 47.0 cm³/mol. The lowest BCUT2D eigenvalue weighted by Gasteiger charge is -2.35. The standard InChI is InChI=1S/C10H15NO/c12-11-6-9-2-7-1-8(3-9)5-10(11)4-7/h6-10H,1-5H2/t7-,8+,9?,10?. The largest absolute Gasteiger partial charge is 0.624 e. The van der Waals surface area contributed by atoms with E-state index >= 15 is 0 Å². The zero-order valence-corrected chi connectivity index (χ0v) is 7.28. The molecule has 0 aromatic carbocycles. The molecule has 4 bridgehead atoms. The molecule has 0 aromatic heterocycles. The summed E-state index contributed by atoms with van der Waals surface area (Å²) >= 11 is 0. The van der Waals surface area contributed by atoms with Gasteiger partial charge < -0.3 is 5.21 Å². The van der Waals surface area contributed by atoms with Gasteiger partial charge in [0.1, 0.15) is 0 Å². The van der Waals surface area contributed by atoms with Gasteiger partial charge in [-0.3, -0.25) is 0 Å². The van der Waals surface area contributed by atoms with Crippen LogP contribution in [-0.4, -0.2) is 17.0 Å². The zero-order chi connectivity index (χ0) is 8.13. The third-order valence-corrected chi connectivity index (χ3v) is 3.87. The molecule has 0 aromatic rings. The molecule has 0 radical (unpaired) electrons. The summed E-state index contributed by atoms with van der Waals surface area (Å²) in [7, 11) is 0. The molecule has 0 saturated heterocycles. The first-order valence-corrected chi connectivity index (χ1v) is 5.11. The van der Waals surface area contributed by atoms with Crippen LogP contribution < -0.4 is 0 Å². The van der Waals surface area contributed by atoms with Crippen LogP contribution in [0, 0.1) is 23.0 Å². The molecule has 0 spiro atoms. The fourth-order valence-corrected chi connectivity index (χ4v) is 3.53. The molecule has 2 fully saturated rings. The van der Waals surface area contributed by atoms with Gasteiger partial charge in [0, 0.05) is 18.8 Å². The van der Waals surface area contributed by atoms with Gasteiger partial charge in [-0.15, -0.1) is 0 Å². The van der Waals surface area contributed by atoms with E-state index in [1.807, 2.05) is 6.21 Å². The van der Waals surface area contributed by atoms with Crippen molar-refractivity contribution < 1.29 is 4.74 Å². The second-order valence-electron chi connectivity index (χ2n) is 4.83. The van der Waals surface area contributed by atoms with E-state index in [2.05, 4.69) is 0 Å². The minimum absolute atomic E-state index is 0.348. The van der Waals surface area contributed by atoms with Crippen molar-refractivity contribution in [3.05, 3.63) is 5.21 Å². The molecule has 2 unspecified atom stereocenters. The van der Waals surface area contributed by atoms with Gasteiger partial charge >= 0.3 is 0 Å². The molecule has 2 heterocycles. The molecule has 4 aliphatic rings. The monoisotopic (exact) mass is 165 g/mol. The molecule has 12 heavy (non-hydrogen) atoms. The van der Waals surface area contributed by atoms with E-state index in [1.54, 1.807) is 0 Å². The molecule has 2 aliphatic carbocycles. The molecule has 2 nitrogen and oxygen atoms in total. The van der Waals surface area contributed by atoms with Gasteiger partial charge in [0.05, 0.1) is 0 Å². The normalized spacial score (nSPS) is 50.5. The summed E-state index contributed by atoms with van der Waals surface area (Å²) in [6, 6.07) is 0.348. The van der Waals surface area contributed by atoms with Gasteiger partial charge in [0.2, 0.25) is 0 Å². The highest BCUT2D eigenvalue weighted by Gasteiger charge is 2.42. The van der Waals surface area contributed by atoms with E-state index in [-0.39, 0.29) is 0 Å². The molecule has 0 amide bonds. The van der Waals surface area contributed by atoms with Crippen LogP contribution in [0.4, 0.5) is 0 Å². The first-order chi connectivity index (χ1) is 5.81. The summed E-state index contributed by atoms with van der Waals surface area (Å²) in [5.41, 5.74) is 0. The summed E-state index contributed by atoms with van der Waals surface area (Å²) in [6.07, 6.45) is 8.32. The number of hydrogen-bond donors (Lipinski definition) is 0. The maximum Gasteiger partial charge on any atom is 0.163 e. The Hall–Kier alpha value is -0.530. The second-order valence-corrected chi connectivity index (χ2v) is 4.83. The predicted octanol–water partition coefficient (Wildman–Crippen LogP) is 1.78. The molecule has 4 atom stereocenters. The van der Waals surface area contributed by atoms with Crippen molar-refractivity contribution in [1.82, 2.24) is 0 Å². The molecule has 2 heteroatoms. The van der Waals surface area contributed by atoms with Gasteiger partial charge in [-0.05, 0) is 31.1 Å². The first kappa shape index (κ1) is 6.93. The topological polar surface area (TPSA) is 26.1 Å². The smallest absolute Gasteiger partial charge is 0.163 e. The summed E-state index contributed by atoms with van der Waals surface area (Å²) in [5, 5.41) is 11.5. The third-order valence-electron chi connectivity index (χ3n) is 3.87. The third kappa shape index (κ3) is 0.900. The van der Waals surface area contributed by atoms with Crippen molar-refractivity contribution in [3.8, 4) is 0 Å². The van der Waals surface area contributed by atoms with Gasteiger partial charge in [-0.1, -0.05) is 0 Å². The van der Waals surface area contributed by atoms with E-state index < -0.39 is 0 Å². The summed E-state index contributed by atoms with van der Waals surface area (Å²) in [6.45, 7) is 0. The lowest BCUT2D eigenvalue weighted by molar-refractivity contribution is -0.502. The van der Waals surface area contributed by atoms with E-state index in [0.29, 0.717) is 12.0 Å². The zero-order valence-electron chi connectivity index (χ0n) is 7.28. The van der Waals surface area contributed by atoms with Crippen molar-refractivity contribution in [2.24, 2.45) is 17.8 Å². The van der Waals surface area contributed by atoms with Crippen molar-refractivity contribution in [1.29, 1.82) is 0 Å². The molecule has 2 aliphatic heterocycles. The van der Waals surface area contributed by atoms with Gasteiger partial charge in [-0.25, -0.2) is 4.74 Å². The lowest BCUT2D eigenvalue weighted by Crippen LogP contribution is -2.32. The number of hydrogen-bond acceptors (Lipinski definition) is 1. The van der Waals surface area contributed by atoms with Crippen LogP contribution in [0.1, 0.15) is 32.1 Å². The second kappa shape index (κ2) is 2.24. The van der Waals surface area contributed by atoms with Gasteiger partial charge in [-0.2, -0.15) is 0 Å². The minimum atomic E-state index is 0.348. The summed E-state index contributed by atoms with van der Waals surface area (Å²) in [4.78, 5) is 0. The van der Waals surface area contributed by atoms with Crippen LogP contribution in [0.25, 0.3) is 0 Å². The van der Waals surface area contributed by atoms with Gasteiger partial charge in [0.15, 0.2) is 12.3 Å². The number of rotatable bonds is 0. The van der Waals surface area contributed by atoms with Crippen LogP contribution in [0.5, 0.6) is 0 Å². The number of hydroxylamine groups is 1. The van der Waals surface area contributed by atoms with Crippen molar-refractivity contribution in [2.75, 3.05) is 0 Å². The molecular formula is C10H15NO. The van der Waals surface area contributed by atoms with Crippen LogP contribution in [-0.2, 0) is 0 Å². The van der Waals surface area contributed by atoms with Crippen molar-refractivity contribution in [2.45, 2.75) is 38.1 Å².